The zero-order chi connectivity index (χ0) is 14.6. The van der Waals surface area contributed by atoms with Gasteiger partial charge in [-0.3, -0.25) is 0 Å². The van der Waals surface area contributed by atoms with E-state index in [0.29, 0.717) is 11.5 Å². The maximum atomic E-state index is 12.4. The monoisotopic (exact) mass is 334 g/mol. The fourth-order valence-electron chi connectivity index (χ4n) is 2.44. The van der Waals surface area contributed by atoms with Crippen LogP contribution in [0.2, 0.25) is 0 Å². The first-order valence-corrected chi connectivity index (χ1v) is 8.35. The third-order valence-corrected chi connectivity index (χ3v) is 5.08. The second-order valence-electron chi connectivity index (χ2n) is 5.19. The third kappa shape index (κ3) is 4.93. The Balaban J connectivity index is 0.00000220. The van der Waals surface area contributed by atoms with Gasteiger partial charge in [0.05, 0.1) is 11.5 Å². The van der Waals surface area contributed by atoms with Crippen molar-refractivity contribution in [2.24, 2.45) is 0 Å². The third-order valence-electron chi connectivity index (χ3n) is 3.59. The summed E-state index contributed by atoms with van der Waals surface area (Å²) in [5, 5.41) is 3.29. The minimum Gasteiger partial charge on any atom is -0.380 e. The summed E-state index contributed by atoms with van der Waals surface area (Å²) < 4.78 is 32.7. The summed E-state index contributed by atoms with van der Waals surface area (Å²) in [6.45, 7) is 3.36. The smallest absolute Gasteiger partial charge is 0.240 e. The van der Waals surface area contributed by atoms with Crippen LogP contribution in [-0.4, -0.2) is 34.2 Å². The van der Waals surface area contributed by atoms with Gasteiger partial charge in [-0.2, -0.15) is 0 Å². The van der Waals surface area contributed by atoms with Gasteiger partial charge in [-0.05, 0) is 44.0 Å². The maximum absolute atomic E-state index is 12.4. The Morgan fingerprint density at radius 2 is 2.19 bits per heavy atom. The van der Waals surface area contributed by atoms with Crippen LogP contribution in [-0.2, 0) is 21.4 Å². The molecule has 2 rings (SSSR count). The van der Waals surface area contributed by atoms with Crippen LogP contribution in [0.5, 0.6) is 0 Å². The maximum Gasteiger partial charge on any atom is 0.240 e. The second kappa shape index (κ2) is 8.10. The fraction of sp³-hybridized carbons (Fsp3) is 0.571. The van der Waals surface area contributed by atoms with Gasteiger partial charge >= 0.3 is 0 Å². The normalized spacial score (nSPS) is 22.6. The predicted molar refractivity (Wildman–Crippen MR) is 85.2 cm³/mol. The van der Waals surface area contributed by atoms with Crippen LogP contribution in [0.1, 0.15) is 25.3 Å². The molecule has 0 amide bonds. The molecule has 0 aliphatic carbocycles. The molecule has 0 spiro atoms. The molecule has 1 aliphatic rings. The Morgan fingerprint density at radius 1 is 1.43 bits per heavy atom. The highest BCUT2D eigenvalue weighted by Gasteiger charge is 2.26. The van der Waals surface area contributed by atoms with E-state index in [0.717, 1.165) is 24.9 Å². The first-order valence-electron chi connectivity index (χ1n) is 6.86. The van der Waals surface area contributed by atoms with Crippen LogP contribution in [0.25, 0.3) is 0 Å². The molecular formula is C14H23ClN2O3S. The molecule has 2 unspecified atom stereocenters. The average Bonchev–Trinajstić information content (AvgIpc) is 2.42. The summed E-state index contributed by atoms with van der Waals surface area (Å²) in [7, 11) is -1.89. The van der Waals surface area contributed by atoms with Crippen LogP contribution in [0.3, 0.4) is 0 Å². The van der Waals surface area contributed by atoms with E-state index in [1.54, 1.807) is 25.3 Å². The van der Waals surface area contributed by atoms with Crippen molar-refractivity contribution < 1.29 is 13.2 Å². The van der Waals surface area contributed by atoms with E-state index in [9.17, 15) is 8.42 Å². The number of sulfonamides is 1. The number of piperidine rings is 1. The lowest BCUT2D eigenvalue weighted by Gasteiger charge is -2.30. The van der Waals surface area contributed by atoms with Crippen LogP contribution in [0.4, 0.5) is 0 Å². The molecular weight excluding hydrogens is 312 g/mol. The number of benzene rings is 1. The summed E-state index contributed by atoms with van der Waals surface area (Å²) in [4.78, 5) is 0.296. The summed E-state index contributed by atoms with van der Waals surface area (Å²) >= 11 is 0. The predicted octanol–water partition coefficient (Wildman–Crippen LogP) is 1.67. The topological polar surface area (TPSA) is 67.4 Å². The molecule has 1 saturated heterocycles. The number of hydrogen-bond acceptors (Lipinski definition) is 4. The molecule has 0 saturated carbocycles. The summed E-state index contributed by atoms with van der Waals surface area (Å²) in [5.41, 5.74) is 0.852. The molecule has 2 N–H and O–H groups in total. The Bertz CT molecular complexity index is 551. The van der Waals surface area contributed by atoms with Gasteiger partial charge in [-0.25, -0.2) is 13.1 Å². The average molecular weight is 335 g/mol. The molecule has 1 aromatic carbocycles. The van der Waals surface area contributed by atoms with Gasteiger partial charge in [0.15, 0.2) is 0 Å². The molecule has 1 aromatic rings. The molecule has 2 atom stereocenters. The number of nitrogens with one attached hydrogen (secondary N) is 2. The van der Waals surface area contributed by atoms with Gasteiger partial charge in [-0.15, -0.1) is 12.4 Å². The zero-order valence-corrected chi connectivity index (χ0v) is 14.0. The number of rotatable bonds is 5. The van der Waals surface area contributed by atoms with Crippen molar-refractivity contribution in [3.05, 3.63) is 29.8 Å². The molecule has 5 nitrogen and oxygen atoms in total. The SMILES string of the molecule is COCc1cccc(S(=O)(=O)NC2CCCNC2C)c1.Cl. The molecule has 1 heterocycles. The van der Waals surface area contributed by atoms with Crippen molar-refractivity contribution in [3.8, 4) is 0 Å². The first-order chi connectivity index (χ1) is 9.53. The standard InChI is InChI=1S/C14H22N2O3S.ClH/c1-11-14(7-4-8-15-11)16-20(17,18)13-6-3-5-12(9-13)10-19-2;/h3,5-6,9,11,14-16H,4,7-8,10H2,1-2H3;1H. The Labute approximate surface area is 132 Å². The summed E-state index contributed by atoms with van der Waals surface area (Å²) in [6.07, 6.45) is 1.85. The number of halogens is 1. The lowest BCUT2D eigenvalue weighted by Crippen LogP contribution is -2.51. The van der Waals surface area contributed by atoms with Crippen LogP contribution in [0.15, 0.2) is 29.2 Å². The van der Waals surface area contributed by atoms with E-state index < -0.39 is 10.0 Å². The van der Waals surface area contributed by atoms with Gasteiger partial charge in [0.25, 0.3) is 0 Å². The molecule has 21 heavy (non-hydrogen) atoms. The van der Waals surface area contributed by atoms with Crippen molar-refractivity contribution in [2.75, 3.05) is 13.7 Å². The first kappa shape index (κ1) is 18.4. The van der Waals surface area contributed by atoms with Gasteiger partial charge < -0.3 is 10.1 Å². The van der Waals surface area contributed by atoms with E-state index in [-0.39, 0.29) is 24.5 Å². The Morgan fingerprint density at radius 3 is 2.86 bits per heavy atom. The minimum atomic E-state index is -3.48. The Hall–Kier alpha value is -0.660. The number of methoxy groups -OCH3 is 1. The number of ether oxygens (including phenoxy) is 1. The molecule has 0 bridgehead atoms. The summed E-state index contributed by atoms with van der Waals surface area (Å²) in [5.74, 6) is 0. The van der Waals surface area contributed by atoms with Crippen LogP contribution in [0, 0.1) is 0 Å². The zero-order valence-electron chi connectivity index (χ0n) is 12.3. The van der Waals surface area contributed by atoms with E-state index in [1.165, 1.54) is 0 Å². The minimum absolute atomic E-state index is 0. The Kier molecular flexibility index (Phi) is 7.09. The highest BCUT2D eigenvalue weighted by Crippen LogP contribution is 2.16. The molecule has 1 aliphatic heterocycles. The van der Waals surface area contributed by atoms with Gasteiger partial charge in [0.2, 0.25) is 10.0 Å². The second-order valence-corrected chi connectivity index (χ2v) is 6.91. The number of hydrogen-bond donors (Lipinski definition) is 2. The van der Waals surface area contributed by atoms with Crippen molar-refractivity contribution in [3.63, 3.8) is 0 Å². The molecule has 120 valence electrons. The van der Waals surface area contributed by atoms with Gasteiger partial charge in [0, 0.05) is 19.2 Å². The lowest BCUT2D eigenvalue weighted by molar-refractivity contribution is 0.184. The largest absolute Gasteiger partial charge is 0.380 e. The molecule has 1 fully saturated rings. The quantitative estimate of drug-likeness (QED) is 0.859. The van der Waals surface area contributed by atoms with Crippen molar-refractivity contribution >= 4 is 22.4 Å². The van der Waals surface area contributed by atoms with Crippen LogP contribution >= 0.6 is 12.4 Å². The van der Waals surface area contributed by atoms with E-state index in [2.05, 4.69) is 10.0 Å². The molecule has 0 aromatic heterocycles. The van der Waals surface area contributed by atoms with Crippen LogP contribution < -0.4 is 10.0 Å². The molecule has 7 heteroatoms. The van der Waals surface area contributed by atoms with Crippen molar-refractivity contribution in [1.29, 1.82) is 0 Å². The highest BCUT2D eigenvalue weighted by atomic mass is 35.5. The van der Waals surface area contributed by atoms with Crippen molar-refractivity contribution in [1.82, 2.24) is 10.0 Å². The lowest BCUT2D eigenvalue weighted by atomic mass is 10.0. The van der Waals surface area contributed by atoms with Gasteiger partial charge in [0.1, 0.15) is 0 Å². The van der Waals surface area contributed by atoms with Crippen molar-refractivity contribution in [2.45, 2.75) is 43.4 Å². The van der Waals surface area contributed by atoms with E-state index >= 15 is 0 Å². The highest BCUT2D eigenvalue weighted by molar-refractivity contribution is 7.89. The fourth-order valence-corrected chi connectivity index (χ4v) is 3.86. The van der Waals surface area contributed by atoms with Gasteiger partial charge in [-0.1, -0.05) is 12.1 Å². The summed E-state index contributed by atoms with van der Waals surface area (Å²) in [6, 6.07) is 6.97. The van der Waals surface area contributed by atoms with E-state index in [1.807, 2.05) is 13.0 Å². The molecule has 0 radical (unpaired) electrons. The van der Waals surface area contributed by atoms with E-state index in [4.69, 9.17) is 4.74 Å².